The molecule has 3 heteroatoms. The monoisotopic (exact) mass is 228 g/mol. The summed E-state index contributed by atoms with van der Waals surface area (Å²) in [5.74, 6) is 0.672. The van der Waals surface area contributed by atoms with Crippen molar-refractivity contribution in [3.63, 3.8) is 0 Å². The molecule has 2 nitrogen and oxygen atoms in total. The smallest absolute Gasteiger partial charge is 0.155 e. The summed E-state index contributed by atoms with van der Waals surface area (Å²) in [6.45, 7) is 0. The van der Waals surface area contributed by atoms with Crippen molar-refractivity contribution in [1.82, 2.24) is 0 Å². The predicted molar refractivity (Wildman–Crippen MR) is 64.9 cm³/mol. The van der Waals surface area contributed by atoms with Crippen LogP contribution in [0, 0.1) is 0 Å². The zero-order valence-electron chi connectivity index (χ0n) is 8.34. The largest absolute Gasteiger partial charge is 0.454 e. The van der Waals surface area contributed by atoms with Gasteiger partial charge in [0.1, 0.15) is 5.58 Å². The molecule has 0 bridgehead atoms. The summed E-state index contributed by atoms with van der Waals surface area (Å²) in [6, 6.07) is 11.5. The lowest BCUT2D eigenvalue weighted by Crippen LogP contribution is -1.78. The minimum atomic E-state index is 0.637. The normalized spacial score (nSPS) is 10.8. The molecule has 2 aromatic heterocycles. The van der Waals surface area contributed by atoms with Crippen LogP contribution in [0.15, 0.2) is 46.2 Å². The fourth-order valence-corrected chi connectivity index (χ4v) is 2.49. The molecule has 0 radical (unpaired) electrons. The third kappa shape index (κ3) is 1.29. The number of carbonyl (C=O) groups excluding carboxylic acids is 1. The minimum absolute atomic E-state index is 0.637. The highest BCUT2D eigenvalue weighted by atomic mass is 32.1. The number of carbonyl (C=O) groups is 1. The second-order valence-corrected chi connectivity index (χ2v) is 4.38. The Morgan fingerprint density at radius 3 is 2.75 bits per heavy atom. The zero-order valence-corrected chi connectivity index (χ0v) is 9.16. The highest BCUT2D eigenvalue weighted by molar-refractivity contribution is 7.13. The molecule has 0 amide bonds. The first kappa shape index (κ1) is 9.36. The third-order valence-electron chi connectivity index (χ3n) is 2.50. The van der Waals surface area contributed by atoms with Crippen LogP contribution in [0.2, 0.25) is 0 Å². The molecule has 0 spiro atoms. The summed E-state index contributed by atoms with van der Waals surface area (Å²) in [5, 5.41) is 2.85. The Labute approximate surface area is 96.1 Å². The van der Waals surface area contributed by atoms with Gasteiger partial charge in [0, 0.05) is 5.39 Å². The van der Waals surface area contributed by atoms with E-state index in [0.717, 1.165) is 22.1 Å². The molecule has 0 atom stereocenters. The number of para-hydroxylation sites is 1. The van der Waals surface area contributed by atoms with Crippen molar-refractivity contribution in [3.8, 4) is 10.6 Å². The van der Waals surface area contributed by atoms with Crippen LogP contribution in [0.5, 0.6) is 0 Å². The standard InChI is InChI=1S/C13H8O2S/c14-8-10-9-4-1-2-5-11(9)15-13(10)12-6-3-7-16-12/h1-8H. The molecule has 1 aromatic carbocycles. The molecule has 0 saturated heterocycles. The van der Waals surface area contributed by atoms with Crippen LogP contribution in [0.3, 0.4) is 0 Å². The van der Waals surface area contributed by atoms with Crippen LogP contribution in [0.25, 0.3) is 21.6 Å². The van der Waals surface area contributed by atoms with Gasteiger partial charge in [-0.05, 0) is 17.5 Å². The zero-order chi connectivity index (χ0) is 11.0. The van der Waals surface area contributed by atoms with Crippen LogP contribution >= 0.6 is 11.3 Å². The Balaban J connectivity index is 2.37. The molecule has 16 heavy (non-hydrogen) atoms. The van der Waals surface area contributed by atoms with E-state index in [1.165, 1.54) is 0 Å². The van der Waals surface area contributed by atoms with Gasteiger partial charge in [-0.25, -0.2) is 0 Å². The summed E-state index contributed by atoms with van der Waals surface area (Å²) in [6.07, 6.45) is 0.862. The molecule has 0 aliphatic rings. The van der Waals surface area contributed by atoms with Gasteiger partial charge >= 0.3 is 0 Å². The summed E-state index contributed by atoms with van der Waals surface area (Å²) < 4.78 is 5.71. The maximum atomic E-state index is 11.1. The van der Waals surface area contributed by atoms with Crippen molar-refractivity contribution in [2.24, 2.45) is 0 Å². The second-order valence-electron chi connectivity index (χ2n) is 3.44. The molecule has 0 N–H and O–H groups in total. The summed E-state index contributed by atoms with van der Waals surface area (Å²) in [4.78, 5) is 12.1. The lowest BCUT2D eigenvalue weighted by molar-refractivity contribution is 0.112. The van der Waals surface area contributed by atoms with E-state index in [1.54, 1.807) is 11.3 Å². The number of benzene rings is 1. The quantitative estimate of drug-likeness (QED) is 0.621. The van der Waals surface area contributed by atoms with Crippen LogP contribution in [-0.2, 0) is 0 Å². The number of hydrogen-bond acceptors (Lipinski definition) is 3. The van der Waals surface area contributed by atoms with Gasteiger partial charge < -0.3 is 4.42 Å². The highest BCUT2D eigenvalue weighted by Crippen LogP contribution is 2.34. The first-order valence-electron chi connectivity index (χ1n) is 4.91. The van der Waals surface area contributed by atoms with E-state index in [9.17, 15) is 4.79 Å². The van der Waals surface area contributed by atoms with Gasteiger partial charge in [0.15, 0.2) is 12.0 Å². The topological polar surface area (TPSA) is 30.2 Å². The summed E-state index contributed by atoms with van der Waals surface area (Å²) in [7, 11) is 0. The Morgan fingerprint density at radius 1 is 1.12 bits per heavy atom. The van der Waals surface area contributed by atoms with Crippen LogP contribution in [0.4, 0.5) is 0 Å². The second kappa shape index (κ2) is 3.61. The molecule has 0 saturated carbocycles. The predicted octanol–water partition coefficient (Wildman–Crippen LogP) is 3.97. The molecule has 3 aromatic rings. The molecular formula is C13H8O2S. The van der Waals surface area contributed by atoms with E-state index in [1.807, 2.05) is 41.8 Å². The van der Waals surface area contributed by atoms with Crippen molar-refractivity contribution in [2.45, 2.75) is 0 Å². The number of aldehydes is 1. The molecular weight excluding hydrogens is 220 g/mol. The van der Waals surface area contributed by atoms with Gasteiger partial charge in [0.2, 0.25) is 0 Å². The van der Waals surface area contributed by atoms with Crippen LogP contribution in [0.1, 0.15) is 10.4 Å². The molecule has 0 unspecified atom stereocenters. The van der Waals surface area contributed by atoms with Crippen LogP contribution < -0.4 is 0 Å². The number of furan rings is 1. The molecule has 0 aliphatic carbocycles. The van der Waals surface area contributed by atoms with Gasteiger partial charge in [-0.3, -0.25) is 4.79 Å². The van der Waals surface area contributed by atoms with Crippen molar-refractivity contribution in [3.05, 3.63) is 47.3 Å². The van der Waals surface area contributed by atoms with E-state index >= 15 is 0 Å². The van der Waals surface area contributed by atoms with E-state index < -0.39 is 0 Å². The maximum absolute atomic E-state index is 11.1. The first-order valence-corrected chi connectivity index (χ1v) is 5.78. The highest BCUT2D eigenvalue weighted by Gasteiger charge is 2.15. The van der Waals surface area contributed by atoms with Gasteiger partial charge in [-0.2, -0.15) is 0 Å². The fraction of sp³-hybridized carbons (Fsp3) is 0. The van der Waals surface area contributed by atoms with Gasteiger partial charge in [0.05, 0.1) is 10.4 Å². The Hall–Kier alpha value is -1.87. The number of hydrogen-bond donors (Lipinski definition) is 0. The first-order chi connectivity index (χ1) is 7.90. The summed E-state index contributed by atoms with van der Waals surface area (Å²) in [5.41, 5.74) is 1.39. The van der Waals surface area contributed by atoms with Gasteiger partial charge in [-0.1, -0.05) is 24.3 Å². The Kier molecular flexibility index (Phi) is 2.11. The molecule has 2 heterocycles. The van der Waals surface area contributed by atoms with Crippen LogP contribution in [-0.4, -0.2) is 6.29 Å². The van der Waals surface area contributed by atoms with E-state index in [2.05, 4.69) is 0 Å². The molecule has 78 valence electrons. The van der Waals surface area contributed by atoms with Crippen molar-refractivity contribution >= 4 is 28.6 Å². The molecule has 0 aliphatic heterocycles. The van der Waals surface area contributed by atoms with Crippen molar-refractivity contribution < 1.29 is 9.21 Å². The average Bonchev–Trinajstić information content (AvgIpc) is 2.95. The van der Waals surface area contributed by atoms with Gasteiger partial charge in [0.25, 0.3) is 0 Å². The van der Waals surface area contributed by atoms with Gasteiger partial charge in [-0.15, -0.1) is 11.3 Å². The molecule has 3 rings (SSSR count). The Morgan fingerprint density at radius 2 is 2.00 bits per heavy atom. The average molecular weight is 228 g/mol. The van der Waals surface area contributed by atoms with Crippen molar-refractivity contribution in [1.29, 1.82) is 0 Å². The lowest BCUT2D eigenvalue weighted by Gasteiger charge is -1.90. The van der Waals surface area contributed by atoms with Crippen molar-refractivity contribution in [2.75, 3.05) is 0 Å². The fourth-order valence-electron chi connectivity index (χ4n) is 1.77. The van der Waals surface area contributed by atoms with E-state index in [-0.39, 0.29) is 0 Å². The minimum Gasteiger partial charge on any atom is -0.454 e. The van der Waals surface area contributed by atoms with E-state index in [4.69, 9.17) is 4.42 Å². The maximum Gasteiger partial charge on any atom is 0.155 e. The Bertz CT molecular complexity index is 635. The lowest BCUT2D eigenvalue weighted by atomic mass is 10.1. The van der Waals surface area contributed by atoms with E-state index in [0.29, 0.717) is 11.3 Å². The number of thiophene rings is 1. The third-order valence-corrected chi connectivity index (χ3v) is 3.37. The summed E-state index contributed by atoms with van der Waals surface area (Å²) >= 11 is 1.57. The number of rotatable bonds is 2. The molecule has 0 fully saturated rings. The number of fused-ring (bicyclic) bond motifs is 1. The SMILES string of the molecule is O=Cc1c(-c2cccs2)oc2ccccc12.